The van der Waals surface area contributed by atoms with E-state index >= 15 is 0 Å². The van der Waals surface area contributed by atoms with Crippen molar-refractivity contribution in [2.24, 2.45) is 0 Å². The molecule has 1 unspecified atom stereocenters. The van der Waals surface area contributed by atoms with E-state index in [2.05, 4.69) is 0 Å². The third-order valence-corrected chi connectivity index (χ3v) is 6.60. The van der Waals surface area contributed by atoms with E-state index in [1.54, 1.807) is 55.6 Å². The summed E-state index contributed by atoms with van der Waals surface area (Å²) in [6.07, 6.45) is 0.848. The molecule has 7 heteroatoms. The molecule has 3 aromatic rings. The second-order valence-electron chi connectivity index (χ2n) is 7.71. The average Bonchev–Trinajstić information content (AvgIpc) is 3.37. The lowest BCUT2D eigenvalue weighted by Crippen LogP contribution is -2.29. The van der Waals surface area contributed by atoms with Gasteiger partial charge in [-0.2, -0.15) is 0 Å². The number of hydrogen-bond acceptors (Lipinski definition) is 6. The summed E-state index contributed by atoms with van der Waals surface area (Å²) in [6, 6.07) is 15.1. The summed E-state index contributed by atoms with van der Waals surface area (Å²) in [4.78, 5) is 28.7. The van der Waals surface area contributed by atoms with E-state index in [0.29, 0.717) is 29.4 Å². The quantitative estimate of drug-likeness (QED) is 0.285. The van der Waals surface area contributed by atoms with Crippen LogP contribution >= 0.6 is 11.3 Å². The van der Waals surface area contributed by atoms with Crippen molar-refractivity contribution in [2.45, 2.75) is 26.3 Å². The second kappa shape index (κ2) is 9.50. The van der Waals surface area contributed by atoms with Crippen LogP contribution in [0.2, 0.25) is 0 Å². The molecule has 2 heterocycles. The molecule has 1 aliphatic heterocycles. The summed E-state index contributed by atoms with van der Waals surface area (Å²) >= 11 is 1.45. The Balaban J connectivity index is 1.86. The number of ether oxygens (including phenoxy) is 2. The molecule has 1 saturated heterocycles. The van der Waals surface area contributed by atoms with Gasteiger partial charge in [-0.1, -0.05) is 19.1 Å². The van der Waals surface area contributed by atoms with E-state index in [1.807, 2.05) is 25.3 Å². The van der Waals surface area contributed by atoms with Crippen molar-refractivity contribution in [3.63, 3.8) is 0 Å². The largest absolute Gasteiger partial charge is 0.507 e. The first-order chi connectivity index (χ1) is 16.0. The molecule has 2 aromatic carbocycles. The molecule has 4 rings (SSSR count). The van der Waals surface area contributed by atoms with Crippen molar-refractivity contribution >= 4 is 34.5 Å². The summed E-state index contributed by atoms with van der Waals surface area (Å²) in [5, 5.41) is 13.2. The van der Waals surface area contributed by atoms with Crippen LogP contribution in [0.5, 0.6) is 11.5 Å². The topological polar surface area (TPSA) is 76.1 Å². The maximum Gasteiger partial charge on any atom is 0.300 e. The van der Waals surface area contributed by atoms with Crippen LogP contribution in [0.3, 0.4) is 0 Å². The summed E-state index contributed by atoms with van der Waals surface area (Å²) in [7, 11) is 1.56. The van der Waals surface area contributed by atoms with Crippen molar-refractivity contribution in [1.82, 2.24) is 0 Å². The number of rotatable bonds is 7. The first-order valence-electron chi connectivity index (χ1n) is 10.7. The zero-order valence-electron chi connectivity index (χ0n) is 18.7. The van der Waals surface area contributed by atoms with E-state index in [4.69, 9.17) is 9.47 Å². The van der Waals surface area contributed by atoms with E-state index in [0.717, 1.165) is 16.9 Å². The van der Waals surface area contributed by atoms with Gasteiger partial charge >= 0.3 is 0 Å². The third kappa shape index (κ3) is 4.24. The molecule has 0 aliphatic carbocycles. The number of anilines is 1. The fourth-order valence-corrected chi connectivity index (χ4v) is 4.89. The van der Waals surface area contributed by atoms with Crippen LogP contribution < -0.4 is 14.4 Å². The number of thiophene rings is 1. The van der Waals surface area contributed by atoms with Gasteiger partial charge in [0, 0.05) is 16.1 Å². The minimum absolute atomic E-state index is 0.0639. The van der Waals surface area contributed by atoms with Gasteiger partial charge in [-0.25, -0.2) is 0 Å². The first-order valence-corrected chi connectivity index (χ1v) is 11.6. The van der Waals surface area contributed by atoms with Crippen LogP contribution in [-0.2, 0) is 9.59 Å². The molecule has 6 nitrogen and oxygen atoms in total. The number of ketones is 1. The SMILES string of the molecule is CCCOc1cccc(/C(O)=C2/C(=O)C(=O)N(c3ccc(OC)cc3)C2c2sccc2C)c1. The lowest BCUT2D eigenvalue weighted by atomic mass is 9.98. The molecular formula is C26H25NO5S. The number of benzene rings is 2. The van der Waals surface area contributed by atoms with Gasteiger partial charge in [-0.15, -0.1) is 11.3 Å². The van der Waals surface area contributed by atoms with Gasteiger partial charge in [0.1, 0.15) is 23.3 Å². The smallest absolute Gasteiger partial charge is 0.300 e. The Morgan fingerprint density at radius 2 is 1.85 bits per heavy atom. The van der Waals surface area contributed by atoms with E-state index in [9.17, 15) is 14.7 Å². The van der Waals surface area contributed by atoms with E-state index < -0.39 is 17.7 Å². The van der Waals surface area contributed by atoms with Crippen LogP contribution in [-0.4, -0.2) is 30.5 Å². The molecule has 1 aromatic heterocycles. The van der Waals surface area contributed by atoms with Crippen LogP contribution in [0.4, 0.5) is 5.69 Å². The van der Waals surface area contributed by atoms with Crippen LogP contribution in [0.25, 0.3) is 5.76 Å². The average molecular weight is 464 g/mol. The normalized spacial score (nSPS) is 17.4. The maximum absolute atomic E-state index is 13.2. The van der Waals surface area contributed by atoms with Crippen molar-refractivity contribution in [3.8, 4) is 11.5 Å². The van der Waals surface area contributed by atoms with Gasteiger partial charge < -0.3 is 14.6 Å². The molecule has 0 radical (unpaired) electrons. The summed E-state index contributed by atoms with van der Waals surface area (Å²) in [5.74, 6) is -0.389. The molecule has 1 fully saturated rings. The zero-order valence-corrected chi connectivity index (χ0v) is 19.5. The Morgan fingerprint density at radius 1 is 1.09 bits per heavy atom. The van der Waals surface area contributed by atoms with Gasteiger partial charge in [0.05, 0.1) is 19.3 Å². The van der Waals surface area contributed by atoms with Gasteiger partial charge in [0.15, 0.2) is 0 Å². The summed E-state index contributed by atoms with van der Waals surface area (Å²) in [6.45, 7) is 4.48. The molecule has 1 N–H and O–H groups in total. The minimum Gasteiger partial charge on any atom is -0.507 e. The molecule has 1 aliphatic rings. The molecule has 1 atom stereocenters. The molecule has 170 valence electrons. The van der Waals surface area contributed by atoms with Crippen LogP contribution in [0, 0.1) is 6.92 Å². The third-order valence-electron chi connectivity index (χ3n) is 5.53. The maximum atomic E-state index is 13.2. The first kappa shape index (κ1) is 22.6. The zero-order chi connectivity index (χ0) is 23.5. The highest BCUT2D eigenvalue weighted by atomic mass is 32.1. The number of hydrogen-bond donors (Lipinski definition) is 1. The fourth-order valence-electron chi connectivity index (χ4n) is 3.86. The number of aryl methyl sites for hydroxylation is 1. The number of aliphatic hydroxyl groups excluding tert-OH is 1. The van der Waals surface area contributed by atoms with E-state index in [-0.39, 0.29) is 11.3 Å². The predicted molar refractivity (Wildman–Crippen MR) is 129 cm³/mol. The lowest BCUT2D eigenvalue weighted by molar-refractivity contribution is -0.132. The van der Waals surface area contributed by atoms with Crippen molar-refractivity contribution < 1.29 is 24.2 Å². The molecule has 0 bridgehead atoms. The number of carbonyl (C=O) groups excluding carboxylic acids is 2. The van der Waals surface area contributed by atoms with Crippen molar-refractivity contribution in [2.75, 3.05) is 18.6 Å². The Bertz CT molecular complexity index is 1210. The fraction of sp³-hybridized carbons (Fsp3) is 0.231. The lowest BCUT2D eigenvalue weighted by Gasteiger charge is -2.25. The molecule has 0 saturated carbocycles. The highest BCUT2D eigenvalue weighted by molar-refractivity contribution is 7.10. The number of Topliss-reactive ketones (excluding diaryl/α,β-unsaturated/α-hetero) is 1. The van der Waals surface area contributed by atoms with Crippen LogP contribution in [0.1, 0.15) is 35.4 Å². The van der Waals surface area contributed by atoms with Gasteiger partial charge in [0.25, 0.3) is 11.7 Å². The number of nitrogens with zero attached hydrogens (tertiary/aromatic N) is 1. The van der Waals surface area contributed by atoms with Crippen molar-refractivity contribution in [1.29, 1.82) is 0 Å². The number of carbonyl (C=O) groups is 2. The van der Waals surface area contributed by atoms with Crippen LogP contribution in [0.15, 0.2) is 65.6 Å². The highest BCUT2D eigenvalue weighted by Gasteiger charge is 2.47. The number of aliphatic hydroxyl groups is 1. The van der Waals surface area contributed by atoms with Gasteiger partial charge in [0.2, 0.25) is 0 Å². The monoisotopic (exact) mass is 463 g/mol. The molecule has 0 spiro atoms. The Morgan fingerprint density at radius 3 is 2.48 bits per heavy atom. The number of methoxy groups -OCH3 is 1. The van der Waals surface area contributed by atoms with Crippen molar-refractivity contribution in [3.05, 3.63) is 81.6 Å². The summed E-state index contributed by atoms with van der Waals surface area (Å²) in [5.41, 5.74) is 1.98. The summed E-state index contributed by atoms with van der Waals surface area (Å²) < 4.78 is 10.9. The van der Waals surface area contributed by atoms with E-state index in [1.165, 1.54) is 16.2 Å². The second-order valence-corrected chi connectivity index (χ2v) is 8.66. The number of amides is 1. The minimum atomic E-state index is -0.737. The predicted octanol–water partition coefficient (Wildman–Crippen LogP) is 5.48. The molecular weight excluding hydrogens is 438 g/mol. The highest BCUT2D eigenvalue weighted by Crippen LogP contribution is 2.45. The standard InChI is InChI=1S/C26H25NO5S/c1-4-13-32-20-7-5-6-17(15-20)23(28)21-22(25-16(2)12-14-33-25)27(26(30)24(21)29)18-8-10-19(31-3)11-9-18/h5-12,14-15,22,28H,4,13H2,1-3H3/b23-21-. The Hall–Kier alpha value is -3.58. The van der Waals surface area contributed by atoms with Gasteiger partial charge in [-0.05, 0) is 66.8 Å². The molecule has 1 amide bonds. The van der Waals surface area contributed by atoms with Gasteiger partial charge in [-0.3, -0.25) is 14.5 Å². The Kier molecular flexibility index (Phi) is 6.51. The molecule has 33 heavy (non-hydrogen) atoms. The Labute approximate surface area is 196 Å².